The van der Waals surface area contributed by atoms with Crippen molar-refractivity contribution in [2.45, 2.75) is 19.3 Å². The third-order valence-electron chi connectivity index (χ3n) is 3.38. The van der Waals surface area contributed by atoms with Gasteiger partial charge in [0, 0.05) is 19.6 Å². The molecule has 0 amide bonds. The molecule has 2 aromatic rings. The van der Waals surface area contributed by atoms with E-state index >= 15 is 0 Å². The molecular weight excluding hydrogens is 214 g/mol. The average Bonchev–Trinajstić information content (AvgIpc) is 2.75. The van der Waals surface area contributed by atoms with Crippen LogP contribution in [0.25, 0.3) is 5.52 Å². The second kappa shape index (κ2) is 4.37. The fourth-order valence-corrected chi connectivity index (χ4v) is 2.51. The summed E-state index contributed by atoms with van der Waals surface area (Å²) in [4.78, 5) is 4.48. The van der Waals surface area contributed by atoms with Crippen LogP contribution >= 0.6 is 0 Å². The minimum absolute atomic E-state index is 0.578. The summed E-state index contributed by atoms with van der Waals surface area (Å²) in [5, 5.41) is 0. The monoisotopic (exact) mass is 231 g/mol. The maximum absolute atomic E-state index is 6.00. The molecule has 4 heteroatoms. The Hall–Kier alpha value is -1.55. The predicted molar refractivity (Wildman–Crippen MR) is 66.9 cm³/mol. The molecule has 1 aliphatic heterocycles. The highest BCUT2D eigenvalue weighted by atomic mass is 16.5. The Balaban J connectivity index is 1.89. The lowest BCUT2D eigenvalue weighted by Gasteiger charge is -2.21. The van der Waals surface area contributed by atoms with Crippen LogP contribution in [-0.4, -0.2) is 22.6 Å². The molecule has 3 rings (SSSR count). The average molecular weight is 231 g/mol. The summed E-state index contributed by atoms with van der Waals surface area (Å²) in [6.45, 7) is 1.75. The molecule has 4 nitrogen and oxygen atoms in total. The molecule has 0 saturated carbocycles. The fraction of sp³-hybridized carbons (Fsp3) is 0.462. The smallest absolute Gasteiger partial charge is 0.115 e. The largest absolute Gasteiger partial charge is 0.385 e. The maximum atomic E-state index is 6.00. The number of fused-ring (bicyclic) bond motifs is 1. The Labute approximate surface area is 100 Å². The van der Waals surface area contributed by atoms with Crippen molar-refractivity contribution < 1.29 is 4.74 Å². The highest BCUT2D eigenvalue weighted by Crippen LogP contribution is 2.20. The van der Waals surface area contributed by atoms with Gasteiger partial charge in [-0.3, -0.25) is 4.40 Å². The van der Waals surface area contributed by atoms with Gasteiger partial charge in [0.05, 0.1) is 11.7 Å². The molecule has 0 radical (unpaired) electrons. The third kappa shape index (κ3) is 2.00. The summed E-state index contributed by atoms with van der Waals surface area (Å²) in [5.74, 6) is 2.38. The van der Waals surface area contributed by atoms with Crippen LogP contribution in [0.3, 0.4) is 0 Å². The van der Waals surface area contributed by atoms with Crippen molar-refractivity contribution in [2.24, 2.45) is 5.92 Å². The van der Waals surface area contributed by atoms with E-state index < -0.39 is 0 Å². The fourth-order valence-electron chi connectivity index (χ4n) is 2.51. The zero-order valence-electron chi connectivity index (χ0n) is 9.80. The summed E-state index contributed by atoms with van der Waals surface area (Å²) in [5.41, 5.74) is 7.06. The Morgan fingerprint density at radius 1 is 1.47 bits per heavy atom. The SMILES string of the molecule is Nc1cccc2cnc(CC3CCCOC3)n12. The number of nitrogen functional groups attached to an aromatic ring is 1. The third-order valence-corrected chi connectivity index (χ3v) is 3.38. The summed E-state index contributed by atoms with van der Waals surface area (Å²) in [7, 11) is 0. The number of pyridine rings is 1. The molecule has 17 heavy (non-hydrogen) atoms. The van der Waals surface area contributed by atoms with Crippen LogP contribution in [-0.2, 0) is 11.2 Å². The first kappa shape index (κ1) is 10.6. The van der Waals surface area contributed by atoms with E-state index in [4.69, 9.17) is 10.5 Å². The van der Waals surface area contributed by atoms with Gasteiger partial charge < -0.3 is 10.5 Å². The quantitative estimate of drug-likeness (QED) is 0.858. The van der Waals surface area contributed by atoms with Crippen LogP contribution in [0.5, 0.6) is 0 Å². The second-order valence-electron chi connectivity index (χ2n) is 4.67. The van der Waals surface area contributed by atoms with Gasteiger partial charge in [-0.25, -0.2) is 4.98 Å². The van der Waals surface area contributed by atoms with Gasteiger partial charge in [0.25, 0.3) is 0 Å². The van der Waals surface area contributed by atoms with Gasteiger partial charge >= 0.3 is 0 Å². The minimum Gasteiger partial charge on any atom is -0.385 e. The molecule has 1 aliphatic rings. The number of aromatic nitrogens is 2. The number of nitrogens with zero attached hydrogens (tertiary/aromatic N) is 2. The molecule has 3 heterocycles. The number of anilines is 1. The maximum Gasteiger partial charge on any atom is 0.115 e. The van der Waals surface area contributed by atoms with Crippen LogP contribution < -0.4 is 5.73 Å². The van der Waals surface area contributed by atoms with E-state index in [1.54, 1.807) is 0 Å². The highest BCUT2D eigenvalue weighted by molar-refractivity contribution is 5.53. The zero-order chi connectivity index (χ0) is 11.7. The molecule has 2 aromatic heterocycles. The number of ether oxygens (including phenoxy) is 1. The van der Waals surface area contributed by atoms with Crippen molar-refractivity contribution in [3.05, 3.63) is 30.2 Å². The Morgan fingerprint density at radius 3 is 3.24 bits per heavy atom. The van der Waals surface area contributed by atoms with E-state index in [0.29, 0.717) is 5.92 Å². The van der Waals surface area contributed by atoms with Crippen molar-refractivity contribution in [3.63, 3.8) is 0 Å². The first-order valence-electron chi connectivity index (χ1n) is 6.13. The van der Waals surface area contributed by atoms with Gasteiger partial charge in [0.1, 0.15) is 11.6 Å². The number of hydrogen-bond donors (Lipinski definition) is 1. The molecule has 1 atom stereocenters. The van der Waals surface area contributed by atoms with Gasteiger partial charge in [0.15, 0.2) is 0 Å². The van der Waals surface area contributed by atoms with Crippen molar-refractivity contribution in [2.75, 3.05) is 18.9 Å². The first-order chi connectivity index (χ1) is 8.34. The predicted octanol–water partition coefficient (Wildman–Crippen LogP) is 1.89. The molecule has 0 bridgehead atoms. The number of imidazole rings is 1. The van der Waals surface area contributed by atoms with E-state index in [1.807, 2.05) is 28.8 Å². The Kier molecular flexibility index (Phi) is 2.73. The van der Waals surface area contributed by atoms with E-state index in [2.05, 4.69) is 4.98 Å². The Bertz CT molecular complexity index is 514. The van der Waals surface area contributed by atoms with Crippen molar-refractivity contribution >= 4 is 11.3 Å². The Morgan fingerprint density at radius 2 is 2.41 bits per heavy atom. The number of rotatable bonds is 2. The lowest BCUT2D eigenvalue weighted by molar-refractivity contribution is 0.0542. The topological polar surface area (TPSA) is 52.5 Å². The molecule has 1 saturated heterocycles. The van der Waals surface area contributed by atoms with Crippen LogP contribution in [0, 0.1) is 5.92 Å². The van der Waals surface area contributed by atoms with E-state index in [0.717, 1.165) is 43.2 Å². The summed E-state index contributed by atoms with van der Waals surface area (Å²) >= 11 is 0. The molecule has 0 spiro atoms. The van der Waals surface area contributed by atoms with Gasteiger partial charge in [-0.05, 0) is 30.9 Å². The van der Waals surface area contributed by atoms with Crippen molar-refractivity contribution in [1.82, 2.24) is 9.38 Å². The summed E-state index contributed by atoms with van der Waals surface area (Å²) in [6.07, 6.45) is 5.21. The van der Waals surface area contributed by atoms with Gasteiger partial charge in [-0.2, -0.15) is 0 Å². The normalized spacial score (nSPS) is 20.8. The minimum atomic E-state index is 0.578. The van der Waals surface area contributed by atoms with Crippen LogP contribution in [0.15, 0.2) is 24.4 Å². The van der Waals surface area contributed by atoms with E-state index in [9.17, 15) is 0 Å². The van der Waals surface area contributed by atoms with Crippen LogP contribution in [0.4, 0.5) is 5.82 Å². The van der Waals surface area contributed by atoms with Crippen LogP contribution in [0.2, 0.25) is 0 Å². The first-order valence-corrected chi connectivity index (χ1v) is 6.13. The van der Waals surface area contributed by atoms with Gasteiger partial charge in [-0.15, -0.1) is 0 Å². The molecule has 90 valence electrons. The molecule has 1 fully saturated rings. The van der Waals surface area contributed by atoms with E-state index in [-0.39, 0.29) is 0 Å². The molecule has 0 aromatic carbocycles. The molecule has 0 aliphatic carbocycles. The number of nitrogens with two attached hydrogens (primary N) is 1. The molecule has 1 unspecified atom stereocenters. The summed E-state index contributed by atoms with van der Waals surface area (Å²) in [6, 6.07) is 5.90. The van der Waals surface area contributed by atoms with Crippen molar-refractivity contribution in [3.8, 4) is 0 Å². The molecular formula is C13H17N3O. The highest BCUT2D eigenvalue weighted by Gasteiger charge is 2.17. The molecule has 2 N–H and O–H groups in total. The van der Waals surface area contributed by atoms with Crippen molar-refractivity contribution in [1.29, 1.82) is 0 Å². The van der Waals surface area contributed by atoms with Crippen LogP contribution in [0.1, 0.15) is 18.7 Å². The number of hydrogen-bond acceptors (Lipinski definition) is 3. The van der Waals surface area contributed by atoms with E-state index in [1.165, 1.54) is 6.42 Å². The second-order valence-corrected chi connectivity index (χ2v) is 4.67. The standard InChI is InChI=1S/C13H17N3O/c14-12-5-1-4-11-8-15-13(16(11)12)7-10-3-2-6-17-9-10/h1,4-5,8,10H,2-3,6-7,9,14H2. The van der Waals surface area contributed by atoms with Gasteiger partial charge in [-0.1, -0.05) is 6.07 Å². The lowest BCUT2D eigenvalue weighted by Crippen LogP contribution is -2.20. The zero-order valence-corrected chi connectivity index (χ0v) is 9.80. The summed E-state index contributed by atoms with van der Waals surface area (Å²) < 4.78 is 7.54. The lowest BCUT2D eigenvalue weighted by atomic mass is 9.98. The van der Waals surface area contributed by atoms with Gasteiger partial charge in [0.2, 0.25) is 0 Å².